The van der Waals surface area contributed by atoms with Gasteiger partial charge in [0.05, 0.1) is 18.4 Å². The lowest BCUT2D eigenvalue weighted by atomic mass is 9.87. The quantitative estimate of drug-likeness (QED) is 0.173. The van der Waals surface area contributed by atoms with Gasteiger partial charge in [-0.15, -0.1) is 0 Å². The molecule has 1 saturated heterocycles. The molecule has 0 N–H and O–H groups in total. The fourth-order valence-electron chi connectivity index (χ4n) is 5.45. The minimum atomic E-state index is -0.420. The van der Waals surface area contributed by atoms with Crippen LogP contribution in [0.25, 0.3) is 21.9 Å². The minimum absolute atomic E-state index is 0.136. The molecule has 0 aliphatic carbocycles. The number of esters is 1. The second-order valence-electron chi connectivity index (χ2n) is 10.6. The molecule has 1 aromatic heterocycles. The molecule has 43 heavy (non-hydrogen) atoms. The number of hydrogen-bond acceptors (Lipinski definition) is 6. The van der Waals surface area contributed by atoms with Crippen molar-refractivity contribution in [3.63, 3.8) is 0 Å². The highest BCUT2D eigenvalue weighted by atomic mass is 19.1. The number of nitrogens with zero attached hydrogens (tertiary/aromatic N) is 1. The minimum Gasteiger partial charge on any atom is -0.489 e. The van der Waals surface area contributed by atoms with Gasteiger partial charge in [-0.1, -0.05) is 36.4 Å². The molecule has 0 amide bonds. The van der Waals surface area contributed by atoms with Crippen LogP contribution in [0.15, 0.2) is 91.0 Å². The summed E-state index contributed by atoms with van der Waals surface area (Å²) in [6.07, 6.45) is 1.63. The van der Waals surface area contributed by atoms with E-state index in [0.29, 0.717) is 48.3 Å². The molecule has 1 aliphatic heterocycles. The molecule has 0 bridgehead atoms. The summed E-state index contributed by atoms with van der Waals surface area (Å²) in [5.74, 6) is 1.09. The van der Waals surface area contributed by atoms with Crippen molar-refractivity contribution in [2.45, 2.75) is 32.3 Å². The molecule has 1 fully saturated rings. The van der Waals surface area contributed by atoms with Gasteiger partial charge >= 0.3 is 5.97 Å². The first-order valence-electron chi connectivity index (χ1n) is 14.3. The summed E-state index contributed by atoms with van der Waals surface area (Å²) < 4.78 is 37.5. The Labute approximate surface area is 250 Å². The normalized spacial score (nSPS) is 13.6. The van der Waals surface area contributed by atoms with Gasteiger partial charge in [-0.3, -0.25) is 0 Å². The number of hydrogen-bond donors (Lipinski definition) is 0. The van der Waals surface area contributed by atoms with E-state index in [4.69, 9.17) is 23.9 Å². The van der Waals surface area contributed by atoms with Gasteiger partial charge in [-0.05, 0) is 96.4 Å². The lowest BCUT2D eigenvalue weighted by Gasteiger charge is -2.26. The van der Waals surface area contributed by atoms with E-state index in [1.54, 1.807) is 31.2 Å². The molecule has 5 aromatic rings. The molecule has 0 saturated carbocycles. The van der Waals surface area contributed by atoms with Crippen LogP contribution in [0, 0.1) is 12.7 Å². The Bertz CT molecular complexity index is 1750. The number of halogens is 1. The summed E-state index contributed by atoms with van der Waals surface area (Å²) in [5, 5.41) is 1.69. The molecular weight excluding hydrogens is 545 g/mol. The van der Waals surface area contributed by atoms with Crippen LogP contribution in [0.4, 0.5) is 4.39 Å². The topological polar surface area (TPSA) is 66.9 Å². The van der Waals surface area contributed by atoms with E-state index in [9.17, 15) is 9.18 Å². The summed E-state index contributed by atoms with van der Waals surface area (Å²) in [4.78, 5) is 17.1. The average Bonchev–Trinajstić information content (AvgIpc) is 3.06. The van der Waals surface area contributed by atoms with Crippen molar-refractivity contribution in [1.82, 2.24) is 4.98 Å². The van der Waals surface area contributed by atoms with E-state index >= 15 is 0 Å². The van der Waals surface area contributed by atoms with Crippen LogP contribution >= 0.6 is 0 Å². The van der Waals surface area contributed by atoms with Crippen molar-refractivity contribution >= 4 is 16.7 Å². The molecule has 2 heterocycles. The Balaban J connectivity index is 1.50. The van der Waals surface area contributed by atoms with Crippen molar-refractivity contribution in [2.24, 2.45) is 0 Å². The lowest BCUT2D eigenvalue weighted by molar-refractivity contribution is 0.0600. The Morgan fingerprint density at radius 3 is 2.37 bits per heavy atom. The molecule has 0 radical (unpaired) electrons. The SMILES string of the molecule is COC(=O)c1ccc(Oc2nc(C3CCOCC3)c(-c3ccc(F)c(C)c3)c3ccc(OCc4ccccc4)cc23)cc1. The van der Waals surface area contributed by atoms with Crippen LogP contribution < -0.4 is 9.47 Å². The van der Waals surface area contributed by atoms with E-state index < -0.39 is 5.97 Å². The number of methoxy groups -OCH3 is 1. The van der Waals surface area contributed by atoms with Gasteiger partial charge in [0.25, 0.3) is 0 Å². The van der Waals surface area contributed by atoms with Crippen molar-refractivity contribution < 1.29 is 28.1 Å². The number of fused-ring (bicyclic) bond motifs is 1. The van der Waals surface area contributed by atoms with E-state index in [0.717, 1.165) is 46.0 Å². The van der Waals surface area contributed by atoms with Crippen LogP contribution in [0.3, 0.4) is 0 Å². The van der Waals surface area contributed by atoms with Gasteiger partial charge in [0.1, 0.15) is 23.9 Å². The molecule has 0 unspecified atom stereocenters. The van der Waals surface area contributed by atoms with E-state index in [-0.39, 0.29) is 11.7 Å². The maximum absolute atomic E-state index is 14.4. The van der Waals surface area contributed by atoms with Crippen molar-refractivity contribution in [3.8, 4) is 28.5 Å². The fraction of sp³-hybridized carbons (Fsp3) is 0.222. The van der Waals surface area contributed by atoms with Gasteiger partial charge in [-0.25, -0.2) is 14.2 Å². The smallest absolute Gasteiger partial charge is 0.337 e. The van der Waals surface area contributed by atoms with Crippen LogP contribution in [-0.2, 0) is 16.1 Å². The fourth-order valence-corrected chi connectivity index (χ4v) is 5.45. The van der Waals surface area contributed by atoms with Crippen LogP contribution in [0.5, 0.6) is 17.4 Å². The molecule has 4 aromatic carbocycles. The van der Waals surface area contributed by atoms with Crippen molar-refractivity contribution in [3.05, 3.63) is 119 Å². The van der Waals surface area contributed by atoms with E-state index in [2.05, 4.69) is 0 Å². The van der Waals surface area contributed by atoms with Crippen LogP contribution in [0.2, 0.25) is 0 Å². The summed E-state index contributed by atoms with van der Waals surface area (Å²) in [6.45, 7) is 3.47. The molecule has 1 aliphatic rings. The zero-order valence-corrected chi connectivity index (χ0v) is 24.1. The third-order valence-corrected chi connectivity index (χ3v) is 7.76. The predicted molar refractivity (Wildman–Crippen MR) is 163 cm³/mol. The van der Waals surface area contributed by atoms with Crippen molar-refractivity contribution in [1.29, 1.82) is 0 Å². The number of pyridine rings is 1. The molecule has 6 rings (SSSR count). The summed E-state index contributed by atoms with van der Waals surface area (Å²) >= 11 is 0. The molecular formula is C36H32FNO5. The third kappa shape index (κ3) is 6.22. The average molecular weight is 578 g/mol. The van der Waals surface area contributed by atoms with Gasteiger partial charge in [0.15, 0.2) is 0 Å². The molecule has 0 atom stereocenters. The monoisotopic (exact) mass is 577 g/mol. The van der Waals surface area contributed by atoms with E-state index in [1.165, 1.54) is 13.2 Å². The second kappa shape index (κ2) is 12.6. The Hall–Kier alpha value is -4.75. The van der Waals surface area contributed by atoms with E-state index in [1.807, 2.05) is 60.7 Å². The van der Waals surface area contributed by atoms with Gasteiger partial charge in [0, 0.05) is 30.1 Å². The van der Waals surface area contributed by atoms with Gasteiger partial charge < -0.3 is 18.9 Å². The number of carbonyl (C=O) groups is 1. The standard InChI is InChI=1S/C36H32FNO5/c1-23-20-27(10-15-32(23)37)33-30-14-13-29(42-22-24-6-4-3-5-7-24)21-31(30)35(38-34(33)25-16-18-41-19-17-25)43-28-11-8-26(9-12-28)36(39)40-2/h3-15,20-21,25H,16-19,22H2,1-2H3. The first-order valence-corrected chi connectivity index (χ1v) is 14.3. The highest BCUT2D eigenvalue weighted by Gasteiger charge is 2.26. The molecule has 6 nitrogen and oxygen atoms in total. The number of carbonyl (C=O) groups excluding carboxylic acids is 1. The maximum Gasteiger partial charge on any atom is 0.337 e. The molecule has 7 heteroatoms. The predicted octanol–water partition coefficient (Wildman–Crippen LogP) is 8.40. The van der Waals surface area contributed by atoms with Crippen LogP contribution in [0.1, 0.15) is 45.9 Å². The first kappa shape index (κ1) is 28.4. The third-order valence-electron chi connectivity index (χ3n) is 7.76. The Morgan fingerprint density at radius 2 is 1.65 bits per heavy atom. The van der Waals surface area contributed by atoms with Crippen LogP contribution in [-0.4, -0.2) is 31.3 Å². The summed E-state index contributed by atoms with van der Waals surface area (Å²) in [6, 6.07) is 27.9. The van der Waals surface area contributed by atoms with Gasteiger partial charge in [0.2, 0.25) is 5.88 Å². The molecule has 0 spiro atoms. The number of benzene rings is 4. The molecule has 218 valence electrons. The second-order valence-corrected chi connectivity index (χ2v) is 10.6. The Kier molecular flexibility index (Phi) is 8.34. The number of ether oxygens (including phenoxy) is 4. The summed E-state index contributed by atoms with van der Waals surface area (Å²) in [5.41, 5.74) is 4.78. The Morgan fingerprint density at radius 1 is 0.907 bits per heavy atom. The highest BCUT2D eigenvalue weighted by molar-refractivity contribution is 6.01. The zero-order valence-electron chi connectivity index (χ0n) is 24.1. The summed E-state index contributed by atoms with van der Waals surface area (Å²) in [7, 11) is 1.35. The van der Waals surface area contributed by atoms with Gasteiger partial charge in [-0.2, -0.15) is 0 Å². The lowest BCUT2D eigenvalue weighted by Crippen LogP contribution is -2.16. The number of aryl methyl sites for hydroxylation is 1. The number of rotatable bonds is 8. The number of aromatic nitrogens is 1. The maximum atomic E-state index is 14.4. The first-order chi connectivity index (χ1) is 21.0. The highest BCUT2D eigenvalue weighted by Crippen LogP contribution is 2.43. The largest absolute Gasteiger partial charge is 0.489 e. The zero-order chi connectivity index (χ0) is 29.8. The van der Waals surface area contributed by atoms with Crippen molar-refractivity contribution in [2.75, 3.05) is 20.3 Å².